The van der Waals surface area contributed by atoms with Gasteiger partial charge < -0.3 is 4.57 Å². The molecule has 108 valence electrons. The van der Waals surface area contributed by atoms with Crippen molar-refractivity contribution in [3.8, 4) is 0 Å². The van der Waals surface area contributed by atoms with Gasteiger partial charge in [-0.15, -0.1) is 11.3 Å². The lowest BCUT2D eigenvalue weighted by atomic mass is 10.3. The van der Waals surface area contributed by atoms with Crippen LogP contribution in [0.4, 0.5) is 0 Å². The molecular formula is C11H18NO4PS2. The lowest BCUT2D eigenvalue weighted by molar-refractivity contribution is -0.118. The Balaban J connectivity index is 2.75. The molecule has 0 aliphatic carbocycles. The molecule has 0 aliphatic rings. The van der Waals surface area contributed by atoms with Crippen LogP contribution in [0.5, 0.6) is 0 Å². The van der Waals surface area contributed by atoms with Crippen LogP contribution in [0.1, 0.15) is 16.9 Å². The number of carbonyl (C=O) groups is 1. The summed E-state index contributed by atoms with van der Waals surface area (Å²) in [4.78, 5) is 12.5. The van der Waals surface area contributed by atoms with Gasteiger partial charge in [-0.25, -0.2) is 13.1 Å². The molecule has 0 aromatic carbocycles. The minimum atomic E-state index is -3.80. The highest BCUT2D eigenvalue weighted by Crippen LogP contribution is 2.36. The summed E-state index contributed by atoms with van der Waals surface area (Å²) in [6.45, 7) is 6.78. The van der Waals surface area contributed by atoms with E-state index in [2.05, 4.69) is 0 Å². The topological polar surface area (TPSA) is 80.3 Å². The van der Waals surface area contributed by atoms with Gasteiger partial charge in [0.1, 0.15) is 4.21 Å². The van der Waals surface area contributed by atoms with Crippen LogP contribution in [-0.2, 0) is 19.4 Å². The fourth-order valence-corrected chi connectivity index (χ4v) is 4.57. The molecule has 1 amide bonds. The van der Waals surface area contributed by atoms with Crippen LogP contribution >= 0.6 is 18.5 Å². The molecule has 0 spiro atoms. The molecule has 0 radical (unpaired) electrons. The predicted octanol–water partition coefficient (Wildman–Crippen LogP) is 2.18. The number of rotatable bonds is 5. The lowest BCUT2D eigenvalue weighted by Gasteiger charge is -2.07. The highest BCUT2D eigenvalue weighted by Gasteiger charge is 2.21. The summed E-state index contributed by atoms with van der Waals surface area (Å²) in [5.41, 5.74) is 0.879. The number of amides is 1. The number of nitrogens with one attached hydrogen (secondary N) is 1. The summed E-state index contributed by atoms with van der Waals surface area (Å²) in [5.74, 6) is -0.618. The first-order valence-corrected chi connectivity index (χ1v) is 10.8. The highest BCUT2D eigenvalue weighted by molar-refractivity contribution is 7.92. The van der Waals surface area contributed by atoms with Crippen LogP contribution in [0.3, 0.4) is 0 Å². The zero-order valence-corrected chi connectivity index (χ0v) is 13.9. The standard InChI is InChI=1S/C11H18NO4PS2/c1-8-7-11(18-9(8)2)19(15,16)12-10(13)5-6-17(3,4)14/h7H,5-6H2,1-4H3,(H,12,13). The zero-order chi connectivity index (χ0) is 14.8. The largest absolute Gasteiger partial charge is 0.324 e. The quantitative estimate of drug-likeness (QED) is 0.842. The van der Waals surface area contributed by atoms with Crippen LogP contribution in [0.15, 0.2) is 10.3 Å². The van der Waals surface area contributed by atoms with Crippen molar-refractivity contribution in [3.05, 3.63) is 16.5 Å². The van der Waals surface area contributed by atoms with Gasteiger partial charge in [0.05, 0.1) is 7.14 Å². The molecule has 0 bridgehead atoms. The zero-order valence-electron chi connectivity index (χ0n) is 11.4. The summed E-state index contributed by atoms with van der Waals surface area (Å²) in [6, 6.07) is 1.54. The number of aryl methyl sites for hydroxylation is 2. The Labute approximate surface area is 117 Å². The Morgan fingerprint density at radius 3 is 2.37 bits per heavy atom. The average molecular weight is 323 g/mol. The van der Waals surface area contributed by atoms with Crippen molar-refractivity contribution in [2.45, 2.75) is 24.5 Å². The molecule has 1 rings (SSSR count). The van der Waals surface area contributed by atoms with Gasteiger partial charge in [-0.2, -0.15) is 0 Å². The van der Waals surface area contributed by atoms with E-state index in [1.165, 1.54) is 0 Å². The van der Waals surface area contributed by atoms with E-state index in [4.69, 9.17) is 0 Å². The lowest BCUT2D eigenvalue weighted by Crippen LogP contribution is -2.30. The third-order valence-corrected chi connectivity index (χ3v) is 6.83. The van der Waals surface area contributed by atoms with Crippen molar-refractivity contribution < 1.29 is 17.8 Å². The van der Waals surface area contributed by atoms with Gasteiger partial charge >= 0.3 is 0 Å². The second-order valence-corrected chi connectivity index (χ2v) is 11.6. The van der Waals surface area contributed by atoms with Gasteiger partial charge in [-0.3, -0.25) is 4.79 Å². The average Bonchev–Trinajstić information content (AvgIpc) is 2.56. The Morgan fingerprint density at radius 1 is 1.37 bits per heavy atom. The fraction of sp³-hybridized carbons (Fsp3) is 0.545. The number of carbonyl (C=O) groups excluding carboxylic acids is 1. The molecule has 5 nitrogen and oxygen atoms in total. The second kappa shape index (κ2) is 5.77. The molecule has 0 aliphatic heterocycles. The molecule has 1 heterocycles. The molecule has 0 atom stereocenters. The van der Waals surface area contributed by atoms with Gasteiger partial charge in [0.2, 0.25) is 5.91 Å². The molecule has 19 heavy (non-hydrogen) atoms. The van der Waals surface area contributed by atoms with E-state index in [0.717, 1.165) is 21.8 Å². The smallest absolute Gasteiger partial charge is 0.273 e. The molecule has 1 N–H and O–H groups in total. The monoisotopic (exact) mass is 323 g/mol. The minimum Gasteiger partial charge on any atom is -0.324 e. The summed E-state index contributed by atoms with van der Waals surface area (Å²) >= 11 is 1.13. The fourth-order valence-electron chi connectivity index (χ4n) is 1.29. The molecule has 0 saturated heterocycles. The van der Waals surface area contributed by atoms with E-state index in [-0.39, 0.29) is 16.8 Å². The molecule has 1 aromatic rings. The predicted molar refractivity (Wildman–Crippen MR) is 78.1 cm³/mol. The van der Waals surface area contributed by atoms with E-state index >= 15 is 0 Å². The van der Waals surface area contributed by atoms with Crippen molar-refractivity contribution in [1.82, 2.24) is 4.72 Å². The van der Waals surface area contributed by atoms with Crippen molar-refractivity contribution in [1.29, 1.82) is 0 Å². The second-order valence-electron chi connectivity index (χ2n) is 4.88. The van der Waals surface area contributed by atoms with Gasteiger partial charge in [0.25, 0.3) is 10.0 Å². The number of thiophene rings is 1. The normalized spacial score (nSPS) is 12.4. The van der Waals surface area contributed by atoms with Crippen molar-refractivity contribution in [2.24, 2.45) is 0 Å². The first-order valence-electron chi connectivity index (χ1n) is 5.68. The Kier molecular flexibility index (Phi) is 4.98. The summed E-state index contributed by atoms with van der Waals surface area (Å²) in [6.07, 6.45) is 0.156. The Hall–Kier alpha value is -0.650. The van der Waals surface area contributed by atoms with E-state index < -0.39 is 23.1 Å². The summed E-state index contributed by atoms with van der Waals surface area (Å²) in [7, 11) is -6.11. The maximum absolute atomic E-state index is 11.9. The van der Waals surface area contributed by atoms with Crippen LogP contribution in [0.25, 0.3) is 0 Å². The van der Waals surface area contributed by atoms with Gasteiger partial charge in [0, 0.05) is 17.5 Å². The van der Waals surface area contributed by atoms with E-state index in [1.54, 1.807) is 19.4 Å². The molecular weight excluding hydrogens is 305 g/mol. The molecule has 8 heteroatoms. The molecule has 0 saturated carbocycles. The van der Waals surface area contributed by atoms with E-state index in [1.807, 2.05) is 18.6 Å². The van der Waals surface area contributed by atoms with Crippen molar-refractivity contribution in [2.75, 3.05) is 19.5 Å². The maximum atomic E-state index is 11.9. The first-order chi connectivity index (χ1) is 8.51. The number of hydrogen-bond acceptors (Lipinski definition) is 5. The maximum Gasteiger partial charge on any atom is 0.273 e. The number of sulfonamides is 1. The van der Waals surface area contributed by atoms with E-state index in [9.17, 15) is 17.8 Å². The van der Waals surface area contributed by atoms with Crippen molar-refractivity contribution >= 4 is 34.4 Å². The highest BCUT2D eigenvalue weighted by atomic mass is 32.2. The number of hydrogen-bond donors (Lipinski definition) is 1. The Morgan fingerprint density at radius 2 is 1.95 bits per heavy atom. The SMILES string of the molecule is Cc1cc(S(=O)(=O)NC(=O)CCP(C)(C)=O)sc1C. The van der Waals surface area contributed by atoms with Crippen LogP contribution in [0, 0.1) is 13.8 Å². The van der Waals surface area contributed by atoms with Crippen LogP contribution < -0.4 is 4.72 Å². The first kappa shape index (κ1) is 16.4. The van der Waals surface area contributed by atoms with Crippen molar-refractivity contribution in [3.63, 3.8) is 0 Å². The van der Waals surface area contributed by atoms with Crippen LogP contribution in [0.2, 0.25) is 0 Å². The minimum absolute atomic E-state index is 0.0488. The summed E-state index contributed by atoms with van der Waals surface area (Å²) in [5, 5.41) is 0. The van der Waals surface area contributed by atoms with Gasteiger partial charge in [0.15, 0.2) is 0 Å². The third kappa shape index (κ3) is 5.09. The van der Waals surface area contributed by atoms with Gasteiger partial charge in [-0.1, -0.05) is 0 Å². The molecule has 0 unspecified atom stereocenters. The molecule has 1 aromatic heterocycles. The van der Waals surface area contributed by atoms with Gasteiger partial charge in [-0.05, 0) is 38.8 Å². The van der Waals surface area contributed by atoms with E-state index in [0.29, 0.717) is 0 Å². The Bertz CT molecular complexity index is 608. The summed E-state index contributed by atoms with van der Waals surface area (Å²) < 4.78 is 37.5. The third-order valence-electron chi connectivity index (χ3n) is 2.53. The molecule has 0 fully saturated rings. The van der Waals surface area contributed by atoms with Crippen LogP contribution in [-0.4, -0.2) is 33.8 Å².